The second kappa shape index (κ2) is 9.37. The number of β-amino-alcohol motifs (C(OH)–C–C–N with tert-alkyl or cyclic N) is 1. The van der Waals surface area contributed by atoms with Crippen molar-refractivity contribution < 1.29 is 23.1 Å². The van der Waals surface area contributed by atoms with E-state index in [-0.39, 0.29) is 12.1 Å². The molecule has 1 amide bonds. The number of alkyl halides is 3. The fourth-order valence-corrected chi connectivity index (χ4v) is 4.23. The second-order valence-electron chi connectivity index (χ2n) is 9.25. The lowest BCUT2D eigenvalue weighted by Crippen LogP contribution is -2.60. The number of aliphatic hydroxyl groups is 1. The summed E-state index contributed by atoms with van der Waals surface area (Å²) in [4.78, 5) is 31.4. The molecule has 1 aliphatic rings. The minimum Gasteiger partial charge on any atom is -0.386 e. The Kier molecular flexibility index (Phi) is 6.56. The molecule has 0 spiro atoms. The summed E-state index contributed by atoms with van der Waals surface area (Å²) in [6, 6.07) is 10.9. The first-order valence-corrected chi connectivity index (χ1v) is 11.5. The van der Waals surface area contributed by atoms with Crippen molar-refractivity contribution in [3.63, 3.8) is 0 Å². The molecule has 3 aromatic rings. The van der Waals surface area contributed by atoms with Gasteiger partial charge in [0.25, 0.3) is 11.5 Å². The molecule has 2 N–H and O–H groups in total. The van der Waals surface area contributed by atoms with Crippen LogP contribution in [0.15, 0.2) is 47.4 Å². The molecule has 1 saturated heterocycles. The zero-order valence-electron chi connectivity index (χ0n) is 20.3. The van der Waals surface area contributed by atoms with E-state index in [2.05, 4.69) is 16.4 Å². The number of hydrogen-bond acceptors (Lipinski definition) is 6. The van der Waals surface area contributed by atoms with Crippen LogP contribution in [-0.4, -0.2) is 39.3 Å². The highest BCUT2D eigenvalue weighted by molar-refractivity contribution is 6.04. The minimum absolute atomic E-state index is 0.0309. The molecule has 0 saturated carbocycles. The van der Waals surface area contributed by atoms with Gasteiger partial charge in [0.15, 0.2) is 0 Å². The molecule has 11 heteroatoms. The molecule has 1 aromatic carbocycles. The van der Waals surface area contributed by atoms with Crippen molar-refractivity contribution >= 4 is 17.4 Å². The van der Waals surface area contributed by atoms with E-state index in [1.54, 1.807) is 42.2 Å². The summed E-state index contributed by atoms with van der Waals surface area (Å²) in [6.45, 7) is 5.66. The van der Waals surface area contributed by atoms with Crippen LogP contribution in [0, 0.1) is 18.3 Å². The SMILES string of the molecule is CCn1cc(C(=O)Nc2ccc(C)c(-c3ccc(C#N)c(N4CC(C)(O)C4)n3)c2)cc(C(F)(F)F)c1=O. The van der Waals surface area contributed by atoms with Crippen LogP contribution < -0.4 is 15.8 Å². The van der Waals surface area contributed by atoms with Crippen LogP contribution in [0.3, 0.4) is 0 Å². The van der Waals surface area contributed by atoms with E-state index in [4.69, 9.17) is 0 Å². The zero-order chi connectivity index (χ0) is 27.1. The molecule has 0 unspecified atom stereocenters. The van der Waals surface area contributed by atoms with Crippen molar-refractivity contribution in [1.29, 1.82) is 5.26 Å². The fraction of sp³-hybridized carbons (Fsp3) is 0.308. The fourth-order valence-electron chi connectivity index (χ4n) is 4.23. The maximum absolute atomic E-state index is 13.3. The van der Waals surface area contributed by atoms with Crippen LogP contribution in [0.1, 0.15) is 40.9 Å². The van der Waals surface area contributed by atoms with Gasteiger partial charge in [-0.2, -0.15) is 18.4 Å². The monoisotopic (exact) mass is 511 g/mol. The van der Waals surface area contributed by atoms with Crippen molar-refractivity contribution in [3.05, 3.63) is 75.2 Å². The third-order valence-electron chi connectivity index (χ3n) is 6.12. The smallest absolute Gasteiger partial charge is 0.386 e. The van der Waals surface area contributed by atoms with Crippen molar-refractivity contribution in [2.45, 2.75) is 39.1 Å². The number of halogens is 3. The topological polar surface area (TPSA) is 111 Å². The Bertz CT molecular complexity index is 1480. The second-order valence-corrected chi connectivity index (χ2v) is 9.25. The number of hydrogen-bond donors (Lipinski definition) is 2. The van der Waals surface area contributed by atoms with Crippen LogP contribution in [0.2, 0.25) is 0 Å². The molecule has 2 aromatic heterocycles. The first kappa shape index (κ1) is 25.9. The summed E-state index contributed by atoms with van der Waals surface area (Å²) in [5, 5.41) is 22.2. The molecule has 8 nitrogen and oxygen atoms in total. The molecule has 0 bridgehead atoms. The van der Waals surface area contributed by atoms with E-state index < -0.39 is 28.8 Å². The minimum atomic E-state index is -4.90. The maximum Gasteiger partial charge on any atom is 0.421 e. The van der Waals surface area contributed by atoms with Crippen molar-refractivity contribution in [3.8, 4) is 17.3 Å². The largest absolute Gasteiger partial charge is 0.421 e. The Morgan fingerprint density at radius 1 is 1.24 bits per heavy atom. The van der Waals surface area contributed by atoms with Gasteiger partial charge in [-0.1, -0.05) is 6.07 Å². The first-order chi connectivity index (χ1) is 17.3. The molecular formula is C26H24F3N5O3. The summed E-state index contributed by atoms with van der Waals surface area (Å²) in [5.41, 5.74) is -1.15. The highest BCUT2D eigenvalue weighted by atomic mass is 19.4. The Labute approximate surface area is 210 Å². The maximum atomic E-state index is 13.3. The van der Waals surface area contributed by atoms with Crippen LogP contribution in [-0.2, 0) is 12.7 Å². The van der Waals surface area contributed by atoms with Crippen molar-refractivity contribution in [2.75, 3.05) is 23.3 Å². The number of anilines is 2. The number of amides is 1. The Balaban J connectivity index is 1.67. The van der Waals surface area contributed by atoms with E-state index in [1.165, 1.54) is 6.92 Å². The highest BCUT2D eigenvalue weighted by Crippen LogP contribution is 2.33. The van der Waals surface area contributed by atoms with Crippen molar-refractivity contribution in [1.82, 2.24) is 9.55 Å². The van der Waals surface area contributed by atoms with E-state index in [1.807, 2.05) is 6.92 Å². The van der Waals surface area contributed by atoms with E-state index in [0.29, 0.717) is 47.5 Å². The molecule has 1 fully saturated rings. The number of carbonyl (C=O) groups excluding carboxylic acids is 1. The number of nitrogens with zero attached hydrogens (tertiary/aromatic N) is 4. The van der Waals surface area contributed by atoms with Gasteiger partial charge in [-0.15, -0.1) is 0 Å². The van der Waals surface area contributed by atoms with Gasteiger partial charge in [0.05, 0.1) is 22.4 Å². The van der Waals surface area contributed by atoms with Gasteiger partial charge in [-0.05, 0) is 56.7 Å². The summed E-state index contributed by atoms with van der Waals surface area (Å²) >= 11 is 0. The third kappa shape index (κ3) is 5.20. The predicted octanol–water partition coefficient (Wildman–Crippen LogP) is 3.95. The number of rotatable bonds is 5. The molecular weight excluding hydrogens is 487 g/mol. The summed E-state index contributed by atoms with van der Waals surface area (Å²) in [6.07, 6.45) is -3.80. The van der Waals surface area contributed by atoms with Gasteiger partial charge in [0, 0.05) is 37.1 Å². The van der Waals surface area contributed by atoms with Crippen LogP contribution in [0.5, 0.6) is 0 Å². The van der Waals surface area contributed by atoms with Crippen molar-refractivity contribution in [2.24, 2.45) is 0 Å². The van der Waals surface area contributed by atoms with Gasteiger partial charge >= 0.3 is 6.18 Å². The molecule has 37 heavy (non-hydrogen) atoms. The lowest BCUT2D eigenvalue weighted by atomic mass is 9.96. The zero-order valence-corrected chi connectivity index (χ0v) is 20.3. The van der Waals surface area contributed by atoms with E-state index in [0.717, 1.165) is 16.3 Å². The molecule has 0 radical (unpaired) electrons. The number of pyridine rings is 2. The van der Waals surface area contributed by atoms with Gasteiger partial charge in [0.2, 0.25) is 0 Å². The number of aryl methyl sites for hydroxylation is 2. The normalized spacial score (nSPS) is 14.6. The van der Waals surface area contributed by atoms with Gasteiger partial charge in [-0.25, -0.2) is 4.98 Å². The number of nitrogens with one attached hydrogen (secondary N) is 1. The lowest BCUT2D eigenvalue weighted by molar-refractivity contribution is -0.139. The molecule has 4 rings (SSSR count). The molecule has 3 heterocycles. The van der Waals surface area contributed by atoms with Crippen LogP contribution in [0.4, 0.5) is 24.7 Å². The predicted molar refractivity (Wildman–Crippen MR) is 131 cm³/mol. The molecule has 0 aliphatic carbocycles. The lowest BCUT2D eigenvalue weighted by Gasteiger charge is -2.45. The molecule has 0 atom stereocenters. The number of carbonyl (C=O) groups is 1. The molecule has 1 aliphatic heterocycles. The van der Waals surface area contributed by atoms with Gasteiger partial charge in [0.1, 0.15) is 17.5 Å². The highest BCUT2D eigenvalue weighted by Gasteiger charge is 2.38. The number of nitriles is 1. The van der Waals surface area contributed by atoms with Crippen LogP contribution in [0.25, 0.3) is 11.3 Å². The summed E-state index contributed by atoms with van der Waals surface area (Å²) in [5.74, 6) is -0.374. The third-order valence-corrected chi connectivity index (χ3v) is 6.12. The average Bonchev–Trinajstić information content (AvgIpc) is 2.82. The Morgan fingerprint density at radius 2 is 1.95 bits per heavy atom. The van der Waals surface area contributed by atoms with Gasteiger partial charge in [-0.3, -0.25) is 9.59 Å². The van der Waals surface area contributed by atoms with Crippen LogP contribution >= 0.6 is 0 Å². The number of benzene rings is 1. The molecule has 192 valence electrons. The summed E-state index contributed by atoms with van der Waals surface area (Å²) in [7, 11) is 0. The van der Waals surface area contributed by atoms with E-state index >= 15 is 0 Å². The Hall–Kier alpha value is -4.17. The van der Waals surface area contributed by atoms with E-state index in [9.17, 15) is 33.1 Å². The standard InChI is InChI=1S/C26H24F3N5O3/c1-4-33-12-17(9-20(24(33)36)26(27,28)29)23(35)31-18-7-5-15(2)19(10-18)21-8-6-16(11-30)22(32-21)34-13-25(3,37)14-34/h5-10,12,37H,4,13-14H2,1-3H3,(H,31,35). The first-order valence-electron chi connectivity index (χ1n) is 11.5. The quantitative estimate of drug-likeness (QED) is 0.537. The Morgan fingerprint density at radius 3 is 2.54 bits per heavy atom. The van der Waals surface area contributed by atoms with Gasteiger partial charge < -0.3 is 19.9 Å². The summed E-state index contributed by atoms with van der Waals surface area (Å²) < 4.78 is 40.9. The number of aromatic nitrogens is 2. The average molecular weight is 512 g/mol.